The molecule has 0 saturated heterocycles. The van der Waals surface area contributed by atoms with Gasteiger partial charge in [-0.1, -0.05) is 6.07 Å². The number of hydrazone groups is 1. The van der Waals surface area contributed by atoms with Crippen LogP contribution in [-0.4, -0.2) is 31.6 Å². The van der Waals surface area contributed by atoms with Crippen LogP contribution in [0, 0.1) is 30.3 Å². The van der Waals surface area contributed by atoms with Crippen LogP contribution in [0.2, 0.25) is 0 Å². The Labute approximate surface area is 201 Å². The van der Waals surface area contributed by atoms with Crippen LogP contribution in [0.15, 0.2) is 71.8 Å². The number of ether oxygens (including phenoxy) is 2. The minimum absolute atomic E-state index is 0.0146. The molecule has 14 heteroatoms. The highest BCUT2D eigenvalue weighted by molar-refractivity contribution is 5.96. The molecule has 0 aliphatic carbocycles. The smallest absolute Gasteiger partial charge is 0.318 e. The van der Waals surface area contributed by atoms with Gasteiger partial charge in [0.2, 0.25) is 23.8 Å². The molecular formula is C22H15N5O9. The number of rotatable bonds is 7. The Hall–Kier alpha value is -5.40. The molecular weight excluding hydrogens is 478 g/mol. The van der Waals surface area contributed by atoms with Crippen molar-refractivity contribution in [2.75, 3.05) is 0 Å². The van der Waals surface area contributed by atoms with Gasteiger partial charge in [0, 0.05) is 36.2 Å². The molecule has 0 bridgehead atoms. The normalized spacial score (nSPS) is 14.5. The number of carbonyl (C=O) groups excluding carboxylic acids is 1. The number of benzene rings is 3. The van der Waals surface area contributed by atoms with E-state index in [9.17, 15) is 35.1 Å². The van der Waals surface area contributed by atoms with Crippen molar-refractivity contribution in [2.45, 2.75) is 13.2 Å². The minimum Gasteiger partial charge on any atom is -0.450 e. The molecule has 1 aliphatic rings. The summed E-state index contributed by atoms with van der Waals surface area (Å²) >= 11 is 0. The van der Waals surface area contributed by atoms with Crippen LogP contribution in [0.5, 0.6) is 11.5 Å². The van der Waals surface area contributed by atoms with E-state index in [0.29, 0.717) is 11.1 Å². The molecule has 3 aromatic carbocycles. The molecule has 36 heavy (non-hydrogen) atoms. The van der Waals surface area contributed by atoms with Crippen LogP contribution < -0.4 is 4.74 Å². The van der Waals surface area contributed by atoms with Crippen molar-refractivity contribution < 1.29 is 29.0 Å². The van der Waals surface area contributed by atoms with Gasteiger partial charge in [0.15, 0.2) is 0 Å². The third-order valence-corrected chi connectivity index (χ3v) is 5.01. The maximum Gasteiger partial charge on any atom is 0.318 e. The second-order valence-corrected chi connectivity index (χ2v) is 7.38. The number of non-ortho nitro benzene ring substituents is 2. The molecule has 0 fully saturated rings. The SMILES string of the molecule is CC(=O)N1N=C(c2cccc([N+](=O)[O-])c2)O[C@@H]1c1ccc(Oc2ccc([N+](=O)[O-])cc2[N+](=O)[O-])cc1. The Morgan fingerprint density at radius 2 is 1.58 bits per heavy atom. The molecule has 0 aromatic heterocycles. The van der Waals surface area contributed by atoms with E-state index in [2.05, 4.69) is 5.10 Å². The van der Waals surface area contributed by atoms with E-state index in [-0.39, 0.29) is 23.1 Å². The lowest BCUT2D eigenvalue weighted by molar-refractivity contribution is -0.394. The first-order valence-corrected chi connectivity index (χ1v) is 10.1. The van der Waals surface area contributed by atoms with Crippen LogP contribution >= 0.6 is 0 Å². The van der Waals surface area contributed by atoms with Gasteiger partial charge >= 0.3 is 5.69 Å². The zero-order valence-corrected chi connectivity index (χ0v) is 18.3. The minimum atomic E-state index is -0.973. The van der Waals surface area contributed by atoms with Crippen molar-refractivity contribution in [1.29, 1.82) is 0 Å². The van der Waals surface area contributed by atoms with Gasteiger partial charge in [-0.15, -0.1) is 5.10 Å². The van der Waals surface area contributed by atoms with Crippen LogP contribution in [0.3, 0.4) is 0 Å². The second-order valence-electron chi connectivity index (χ2n) is 7.38. The number of carbonyl (C=O) groups is 1. The van der Waals surface area contributed by atoms with Crippen molar-refractivity contribution in [3.05, 3.63) is 108 Å². The number of nitro benzene ring substituents is 3. The van der Waals surface area contributed by atoms with E-state index in [1.54, 1.807) is 18.2 Å². The molecule has 4 rings (SSSR count). The highest BCUT2D eigenvalue weighted by atomic mass is 16.6. The van der Waals surface area contributed by atoms with Gasteiger partial charge in [-0.3, -0.25) is 35.1 Å². The maximum atomic E-state index is 12.2. The number of hydrogen-bond donors (Lipinski definition) is 0. The lowest BCUT2D eigenvalue weighted by Gasteiger charge is -2.19. The van der Waals surface area contributed by atoms with E-state index in [0.717, 1.165) is 23.2 Å². The van der Waals surface area contributed by atoms with Crippen molar-refractivity contribution in [2.24, 2.45) is 5.10 Å². The summed E-state index contributed by atoms with van der Waals surface area (Å²) in [6, 6.07) is 14.6. The van der Waals surface area contributed by atoms with E-state index < -0.39 is 38.3 Å². The Kier molecular flexibility index (Phi) is 6.24. The van der Waals surface area contributed by atoms with Crippen LogP contribution in [0.25, 0.3) is 0 Å². The summed E-state index contributed by atoms with van der Waals surface area (Å²) in [7, 11) is 0. The Morgan fingerprint density at radius 1 is 0.917 bits per heavy atom. The fourth-order valence-corrected chi connectivity index (χ4v) is 3.33. The fourth-order valence-electron chi connectivity index (χ4n) is 3.33. The summed E-state index contributed by atoms with van der Waals surface area (Å²) in [5.74, 6) is -0.442. The molecule has 14 nitrogen and oxygen atoms in total. The molecule has 182 valence electrons. The van der Waals surface area contributed by atoms with Crippen LogP contribution in [-0.2, 0) is 9.53 Å². The molecule has 1 aliphatic heterocycles. The van der Waals surface area contributed by atoms with Gasteiger partial charge in [0.05, 0.1) is 20.8 Å². The summed E-state index contributed by atoms with van der Waals surface area (Å²) in [6.45, 7) is 1.28. The molecule has 0 radical (unpaired) electrons. The highest BCUT2D eigenvalue weighted by Gasteiger charge is 2.33. The van der Waals surface area contributed by atoms with Crippen molar-refractivity contribution >= 4 is 28.9 Å². The fraction of sp³-hybridized carbons (Fsp3) is 0.0909. The first-order valence-electron chi connectivity index (χ1n) is 10.1. The largest absolute Gasteiger partial charge is 0.450 e. The van der Waals surface area contributed by atoms with E-state index in [1.165, 1.54) is 37.3 Å². The molecule has 0 spiro atoms. The third kappa shape index (κ3) is 4.77. The zero-order chi connectivity index (χ0) is 26.0. The van der Waals surface area contributed by atoms with Gasteiger partial charge in [-0.05, 0) is 36.4 Å². The Bertz CT molecular complexity index is 1420. The maximum absolute atomic E-state index is 12.2. The predicted octanol–water partition coefficient (Wildman–Crippen LogP) is 4.44. The van der Waals surface area contributed by atoms with Crippen molar-refractivity contribution in [1.82, 2.24) is 5.01 Å². The summed E-state index contributed by atoms with van der Waals surface area (Å²) < 4.78 is 11.4. The van der Waals surface area contributed by atoms with Gasteiger partial charge in [-0.2, -0.15) is 5.01 Å². The number of nitrogens with zero attached hydrogens (tertiary/aromatic N) is 5. The lowest BCUT2D eigenvalue weighted by atomic mass is 10.1. The summed E-state index contributed by atoms with van der Waals surface area (Å²) in [6.07, 6.45) is -0.973. The predicted molar refractivity (Wildman–Crippen MR) is 122 cm³/mol. The molecule has 0 saturated carbocycles. The van der Waals surface area contributed by atoms with Crippen molar-refractivity contribution in [3.8, 4) is 11.5 Å². The molecule has 0 N–H and O–H groups in total. The van der Waals surface area contributed by atoms with Crippen molar-refractivity contribution in [3.63, 3.8) is 0 Å². The molecule has 0 unspecified atom stereocenters. The summed E-state index contributed by atoms with van der Waals surface area (Å²) in [5.41, 5.74) is -0.418. The Balaban J connectivity index is 1.57. The van der Waals surface area contributed by atoms with Gasteiger partial charge < -0.3 is 9.47 Å². The number of amides is 1. The zero-order valence-electron chi connectivity index (χ0n) is 18.3. The number of hydrogen-bond acceptors (Lipinski definition) is 10. The van der Waals surface area contributed by atoms with Gasteiger partial charge in [0.25, 0.3) is 11.4 Å². The average molecular weight is 493 g/mol. The molecule has 1 heterocycles. The van der Waals surface area contributed by atoms with E-state index >= 15 is 0 Å². The van der Waals surface area contributed by atoms with Gasteiger partial charge in [0.1, 0.15) is 5.75 Å². The Morgan fingerprint density at radius 3 is 2.19 bits per heavy atom. The molecule has 3 aromatic rings. The third-order valence-electron chi connectivity index (χ3n) is 5.01. The number of nitro groups is 3. The first kappa shape index (κ1) is 23.7. The summed E-state index contributed by atoms with van der Waals surface area (Å²) in [4.78, 5) is 43.4. The standard InChI is InChI=1S/C22H15N5O9/c1-13(28)24-22(36-21(23-24)15-3-2-4-16(11-15)25(29)30)14-5-8-18(9-6-14)35-20-10-7-17(26(31)32)12-19(20)27(33)34/h2-12,22H,1H3/t22-/m1/s1. The summed E-state index contributed by atoms with van der Waals surface area (Å²) in [5, 5.41) is 38.5. The quantitative estimate of drug-likeness (QED) is 0.339. The highest BCUT2D eigenvalue weighted by Crippen LogP contribution is 2.36. The van der Waals surface area contributed by atoms with E-state index in [1.807, 2.05) is 0 Å². The molecule has 1 atom stereocenters. The molecule has 1 amide bonds. The van der Waals surface area contributed by atoms with Crippen LogP contribution in [0.4, 0.5) is 17.1 Å². The second kappa shape index (κ2) is 9.46. The van der Waals surface area contributed by atoms with Crippen LogP contribution in [0.1, 0.15) is 24.3 Å². The van der Waals surface area contributed by atoms with Gasteiger partial charge in [-0.25, -0.2) is 0 Å². The first-order chi connectivity index (χ1) is 17.1. The lowest BCUT2D eigenvalue weighted by Crippen LogP contribution is -2.25. The average Bonchev–Trinajstić information content (AvgIpc) is 3.30. The monoisotopic (exact) mass is 493 g/mol. The van der Waals surface area contributed by atoms with E-state index in [4.69, 9.17) is 9.47 Å². The topological polar surface area (TPSA) is 181 Å².